The number of aromatic nitrogens is 4. The average molecular weight is 670 g/mol. The van der Waals surface area contributed by atoms with Crippen molar-refractivity contribution in [3.05, 3.63) is 105 Å². The van der Waals surface area contributed by atoms with Gasteiger partial charge in [0.2, 0.25) is 5.88 Å². The van der Waals surface area contributed by atoms with E-state index in [1.165, 1.54) is 7.11 Å². The molecule has 43 heavy (non-hydrogen) atoms. The number of methoxy groups -OCH3 is 1. The lowest BCUT2D eigenvalue weighted by Gasteiger charge is -2.27. The predicted octanol–water partition coefficient (Wildman–Crippen LogP) is 6.93. The van der Waals surface area contributed by atoms with E-state index in [1.54, 1.807) is 48.5 Å². The van der Waals surface area contributed by atoms with E-state index in [9.17, 15) is 4.79 Å². The third kappa shape index (κ3) is 6.24. The number of pyridine rings is 2. The van der Waals surface area contributed by atoms with Gasteiger partial charge >= 0.3 is 5.97 Å². The van der Waals surface area contributed by atoms with E-state index in [0.29, 0.717) is 45.7 Å². The standard InChI is InChI=1S/C31H24BrClF2N4O4/c1-41-31(40)17-5-7-25-26(12-17)39(15-20-9-10-42-20)28(36-25)13-19-11-23(35)21(14-22(19)34)24-3-2-4-29(37-24)43-16-18-6-8-27(32)38-30(18)33/h2-8,11-12,14,20H,9-10,13,15-16H2,1H3. The lowest BCUT2D eigenvalue weighted by Crippen LogP contribution is -2.31. The number of halogens is 4. The van der Waals surface area contributed by atoms with Crippen molar-refractivity contribution in [2.75, 3.05) is 13.7 Å². The molecule has 1 aliphatic rings. The highest BCUT2D eigenvalue weighted by Crippen LogP contribution is 2.29. The first-order chi connectivity index (χ1) is 20.8. The van der Waals surface area contributed by atoms with E-state index in [4.69, 9.17) is 25.8 Å². The van der Waals surface area contributed by atoms with Gasteiger partial charge in [-0.15, -0.1) is 0 Å². The number of nitrogens with zero attached hydrogens (tertiary/aromatic N) is 4. The number of benzene rings is 2. The first-order valence-electron chi connectivity index (χ1n) is 13.4. The van der Waals surface area contributed by atoms with Gasteiger partial charge in [0.25, 0.3) is 0 Å². The van der Waals surface area contributed by atoms with E-state index >= 15 is 8.78 Å². The minimum atomic E-state index is -0.640. The van der Waals surface area contributed by atoms with Crippen molar-refractivity contribution < 1.29 is 27.8 Å². The van der Waals surface area contributed by atoms with Gasteiger partial charge in [0.15, 0.2) is 0 Å². The summed E-state index contributed by atoms with van der Waals surface area (Å²) in [6.07, 6.45) is 0.867. The summed E-state index contributed by atoms with van der Waals surface area (Å²) in [5, 5.41) is 0.284. The SMILES string of the molecule is COC(=O)c1ccc2nc(Cc3cc(F)c(-c4cccc(OCc5ccc(Br)nc5Cl)n4)cc3F)n(CC3CCO3)c2c1. The van der Waals surface area contributed by atoms with E-state index < -0.39 is 17.6 Å². The van der Waals surface area contributed by atoms with Crippen molar-refractivity contribution >= 4 is 44.5 Å². The Bertz CT molecular complexity index is 1850. The molecule has 1 saturated heterocycles. The average Bonchev–Trinajstić information content (AvgIpc) is 3.31. The third-order valence-electron chi connectivity index (χ3n) is 7.18. The van der Waals surface area contributed by atoms with E-state index in [1.807, 2.05) is 4.57 Å². The molecule has 1 atom stereocenters. The number of ether oxygens (including phenoxy) is 3. The van der Waals surface area contributed by atoms with Gasteiger partial charge in [0.1, 0.15) is 33.8 Å². The van der Waals surface area contributed by atoms with Gasteiger partial charge in [0.05, 0.1) is 42.0 Å². The largest absolute Gasteiger partial charge is 0.473 e. The first-order valence-corrected chi connectivity index (χ1v) is 14.5. The molecular weight excluding hydrogens is 646 g/mol. The van der Waals surface area contributed by atoms with Crippen molar-refractivity contribution in [3.63, 3.8) is 0 Å². The molecule has 5 aromatic rings. The normalized spacial score (nSPS) is 14.5. The van der Waals surface area contributed by atoms with Crippen LogP contribution in [-0.2, 0) is 29.0 Å². The van der Waals surface area contributed by atoms with Crippen LogP contribution in [-0.4, -0.2) is 45.3 Å². The van der Waals surface area contributed by atoms with Gasteiger partial charge in [-0.1, -0.05) is 17.7 Å². The molecule has 0 N–H and O–H groups in total. The lowest BCUT2D eigenvalue weighted by molar-refractivity contribution is -0.0589. The molecule has 0 bridgehead atoms. The predicted molar refractivity (Wildman–Crippen MR) is 159 cm³/mol. The highest BCUT2D eigenvalue weighted by molar-refractivity contribution is 9.10. The molecular formula is C31H24BrClF2N4O4. The van der Waals surface area contributed by atoms with Crippen LogP contribution < -0.4 is 4.74 Å². The Morgan fingerprint density at radius 2 is 1.91 bits per heavy atom. The topological polar surface area (TPSA) is 88.4 Å². The fourth-order valence-corrected chi connectivity index (χ4v) is 5.44. The maximum Gasteiger partial charge on any atom is 0.337 e. The van der Waals surface area contributed by atoms with Gasteiger partial charge in [-0.3, -0.25) is 0 Å². The van der Waals surface area contributed by atoms with Gasteiger partial charge in [-0.05, 0) is 76.4 Å². The Morgan fingerprint density at radius 3 is 2.65 bits per heavy atom. The van der Waals surface area contributed by atoms with Crippen LogP contribution in [0.3, 0.4) is 0 Å². The van der Waals surface area contributed by atoms with Crippen LogP contribution in [0.25, 0.3) is 22.3 Å². The van der Waals surface area contributed by atoms with Gasteiger partial charge in [-0.25, -0.2) is 28.5 Å². The second kappa shape index (κ2) is 12.4. The molecule has 220 valence electrons. The number of hydrogen-bond acceptors (Lipinski definition) is 7. The summed E-state index contributed by atoms with van der Waals surface area (Å²) in [7, 11) is 1.31. The maximum atomic E-state index is 15.5. The van der Waals surface area contributed by atoms with Crippen LogP contribution in [0.5, 0.6) is 5.88 Å². The summed E-state index contributed by atoms with van der Waals surface area (Å²) in [6, 6.07) is 15.7. The molecule has 1 aliphatic heterocycles. The number of fused-ring (bicyclic) bond motifs is 1. The van der Waals surface area contributed by atoms with E-state index in [0.717, 1.165) is 18.6 Å². The zero-order valence-corrected chi connectivity index (χ0v) is 25.2. The van der Waals surface area contributed by atoms with Crippen LogP contribution >= 0.6 is 27.5 Å². The summed E-state index contributed by atoms with van der Waals surface area (Å²) >= 11 is 9.42. The van der Waals surface area contributed by atoms with Crippen molar-refractivity contribution in [2.24, 2.45) is 0 Å². The van der Waals surface area contributed by atoms with Crippen LogP contribution in [0.1, 0.15) is 33.7 Å². The van der Waals surface area contributed by atoms with Crippen molar-refractivity contribution in [2.45, 2.75) is 32.1 Å². The number of carbonyl (C=O) groups is 1. The highest BCUT2D eigenvalue weighted by atomic mass is 79.9. The highest BCUT2D eigenvalue weighted by Gasteiger charge is 2.24. The maximum absolute atomic E-state index is 15.5. The van der Waals surface area contributed by atoms with E-state index in [2.05, 4.69) is 30.9 Å². The molecule has 12 heteroatoms. The summed E-state index contributed by atoms with van der Waals surface area (Å²) in [5.74, 6) is -0.978. The monoisotopic (exact) mass is 668 g/mol. The van der Waals surface area contributed by atoms with Crippen molar-refractivity contribution in [1.29, 1.82) is 0 Å². The molecule has 6 rings (SSSR count). The minimum Gasteiger partial charge on any atom is -0.473 e. The summed E-state index contributed by atoms with van der Waals surface area (Å²) in [6.45, 7) is 1.23. The molecule has 0 saturated carbocycles. The van der Waals surface area contributed by atoms with Crippen LogP contribution in [0.2, 0.25) is 5.15 Å². The molecule has 1 unspecified atom stereocenters. The van der Waals surface area contributed by atoms with Crippen molar-refractivity contribution in [3.8, 4) is 17.1 Å². The Labute approximate surface area is 258 Å². The zero-order chi connectivity index (χ0) is 30.1. The van der Waals surface area contributed by atoms with Gasteiger partial charge in [0, 0.05) is 30.2 Å². The number of rotatable bonds is 9. The zero-order valence-electron chi connectivity index (χ0n) is 22.8. The van der Waals surface area contributed by atoms with E-state index in [-0.39, 0.29) is 47.0 Å². The first kappa shape index (κ1) is 29.2. The molecule has 0 amide bonds. The molecule has 2 aromatic carbocycles. The Balaban J connectivity index is 1.27. The Kier molecular flexibility index (Phi) is 8.38. The number of hydrogen-bond donors (Lipinski definition) is 0. The summed E-state index contributed by atoms with van der Waals surface area (Å²) < 4.78 is 49.7. The number of carbonyl (C=O) groups excluding carboxylic acids is 1. The van der Waals surface area contributed by atoms with Crippen LogP contribution in [0.4, 0.5) is 8.78 Å². The Morgan fingerprint density at radius 1 is 1.07 bits per heavy atom. The van der Waals surface area contributed by atoms with Gasteiger partial charge in [-0.2, -0.15) is 0 Å². The second-order valence-corrected chi connectivity index (χ2v) is 11.1. The summed E-state index contributed by atoms with van der Waals surface area (Å²) in [5.41, 5.74) is 2.67. The molecule has 0 radical (unpaired) electrons. The smallest absolute Gasteiger partial charge is 0.337 e. The molecule has 0 spiro atoms. The molecule has 8 nitrogen and oxygen atoms in total. The molecule has 4 heterocycles. The fraction of sp³-hybridized carbons (Fsp3) is 0.226. The van der Waals surface area contributed by atoms with Crippen LogP contribution in [0.15, 0.2) is 65.3 Å². The quantitative estimate of drug-likeness (QED) is 0.124. The fourth-order valence-electron chi connectivity index (χ4n) is 4.82. The minimum absolute atomic E-state index is 0.00543. The third-order valence-corrected chi connectivity index (χ3v) is 7.95. The van der Waals surface area contributed by atoms with Crippen molar-refractivity contribution in [1.82, 2.24) is 19.5 Å². The second-order valence-electron chi connectivity index (χ2n) is 9.95. The Hall–Kier alpha value is -3.93. The van der Waals surface area contributed by atoms with Crippen LogP contribution in [0, 0.1) is 11.6 Å². The van der Waals surface area contributed by atoms with Gasteiger partial charge < -0.3 is 18.8 Å². The number of imidazole rings is 1. The molecule has 0 aliphatic carbocycles. The number of esters is 1. The molecule has 1 fully saturated rings. The lowest BCUT2D eigenvalue weighted by atomic mass is 10.0. The molecule has 3 aromatic heterocycles. The summed E-state index contributed by atoms with van der Waals surface area (Å²) in [4.78, 5) is 25.3.